The molecule has 146 valence electrons. The fourth-order valence-corrected chi connectivity index (χ4v) is 3.85. The van der Waals surface area contributed by atoms with E-state index in [0.29, 0.717) is 10.8 Å². The van der Waals surface area contributed by atoms with Crippen LogP contribution in [0.15, 0.2) is 70.2 Å². The summed E-state index contributed by atoms with van der Waals surface area (Å²) in [6, 6.07) is 15.1. The number of hydrogen-bond acceptors (Lipinski definition) is 5. The van der Waals surface area contributed by atoms with E-state index < -0.39 is 5.91 Å². The van der Waals surface area contributed by atoms with Gasteiger partial charge in [0, 0.05) is 35.4 Å². The van der Waals surface area contributed by atoms with Gasteiger partial charge in [0.05, 0.1) is 5.39 Å². The first-order chi connectivity index (χ1) is 13.9. The number of likely N-dealkylation sites (N-methyl/N-ethyl adjacent to an activating group) is 1. The van der Waals surface area contributed by atoms with Gasteiger partial charge in [-0.15, -0.1) is 0 Å². The van der Waals surface area contributed by atoms with Crippen LogP contribution in [0.3, 0.4) is 0 Å². The van der Waals surface area contributed by atoms with Crippen LogP contribution in [0.4, 0.5) is 5.69 Å². The monoisotopic (exact) mass is 387 g/mol. The number of aromatic nitrogens is 2. The van der Waals surface area contributed by atoms with Crippen LogP contribution in [0.5, 0.6) is 0 Å². The summed E-state index contributed by atoms with van der Waals surface area (Å²) in [5, 5.41) is 11.2. The van der Waals surface area contributed by atoms with Crippen molar-refractivity contribution in [2.75, 3.05) is 11.9 Å². The van der Waals surface area contributed by atoms with Gasteiger partial charge in [-0.25, -0.2) is 10.5 Å². The molecular formula is C22H21N5O2. The zero-order valence-corrected chi connectivity index (χ0v) is 16.4. The molecule has 2 aromatic carbocycles. The summed E-state index contributed by atoms with van der Waals surface area (Å²) in [5.41, 5.74) is 5.57. The topological polar surface area (TPSA) is 90.4 Å². The molecule has 0 radical (unpaired) electrons. The molecule has 1 amide bonds. The average molecular weight is 387 g/mol. The number of amides is 1. The Hall–Kier alpha value is -3.74. The molecule has 0 fully saturated rings. The summed E-state index contributed by atoms with van der Waals surface area (Å²) in [7, 11) is 2.02. The lowest BCUT2D eigenvalue weighted by Crippen LogP contribution is -2.24. The van der Waals surface area contributed by atoms with Crippen LogP contribution in [-0.2, 0) is 5.41 Å². The van der Waals surface area contributed by atoms with Crippen molar-refractivity contribution >= 4 is 28.6 Å². The number of carbonyl (C=O) groups excluding carboxylic acids is 1. The zero-order valence-electron chi connectivity index (χ0n) is 16.4. The Morgan fingerprint density at radius 2 is 1.83 bits per heavy atom. The first kappa shape index (κ1) is 18.6. The first-order valence-corrected chi connectivity index (χ1v) is 9.26. The van der Waals surface area contributed by atoms with Crippen LogP contribution in [-0.4, -0.2) is 29.4 Å². The smallest absolute Gasteiger partial charge is 0.292 e. The van der Waals surface area contributed by atoms with E-state index in [1.165, 1.54) is 5.56 Å². The van der Waals surface area contributed by atoms with Crippen molar-refractivity contribution in [3.63, 3.8) is 0 Å². The van der Waals surface area contributed by atoms with Gasteiger partial charge in [0.15, 0.2) is 5.69 Å². The molecule has 0 saturated carbocycles. The van der Waals surface area contributed by atoms with Crippen molar-refractivity contribution in [2.45, 2.75) is 19.3 Å². The number of benzene rings is 2. The maximum absolute atomic E-state index is 12.5. The first-order valence-electron chi connectivity index (χ1n) is 9.26. The van der Waals surface area contributed by atoms with Crippen molar-refractivity contribution < 1.29 is 4.79 Å². The second-order valence-electron chi connectivity index (χ2n) is 7.42. The molecule has 7 heteroatoms. The molecule has 0 aliphatic carbocycles. The largest absolute Gasteiger partial charge is 0.347 e. The van der Waals surface area contributed by atoms with Gasteiger partial charge >= 0.3 is 0 Å². The summed E-state index contributed by atoms with van der Waals surface area (Å²) in [6.07, 6.45) is 3.45. The van der Waals surface area contributed by atoms with Crippen LogP contribution in [0.25, 0.3) is 10.8 Å². The van der Waals surface area contributed by atoms with E-state index in [4.69, 9.17) is 0 Å². The minimum absolute atomic E-state index is 0.121. The van der Waals surface area contributed by atoms with Gasteiger partial charge in [-0.2, -0.15) is 10.2 Å². The highest BCUT2D eigenvalue weighted by Crippen LogP contribution is 2.46. The van der Waals surface area contributed by atoms with E-state index in [0.717, 1.165) is 11.4 Å². The van der Waals surface area contributed by atoms with Crippen LogP contribution in [0, 0.1) is 0 Å². The fraction of sp³-hybridized carbons (Fsp3) is 0.182. The molecule has 2 heterocycles. The number of H-pyrrole nitrogens is 1. The van der Waals surface area contributed by atoms with E-state index in [1.807, 2.05) is 25.3 Å². The number of rotatable bonds is 3. The van der Waals surface area contributed by atoms with Gasteiger partial charge in [0.2, 0.25) is 0 Å². The third-order valence-electron chi connectivity index (χ3n) is 5.32. The lowest BCUT2D eigenvalue weighted by molar-refractivity contribution is 0.0951. The number of aromatic amines is 1. The second kappa shape index (κ2) is 7.01. The van der Waals surface area contributed by atoms with Crippen molar-refractivity contribution in [1.82, 2.24) is 15.6 Å². The van der Waals surface area contributed by atoms with Crippen LogP contribution < -0.4 is 15.9 Å². The van der Waals surface area contributed by atoms with Crippen molar-refractivity contribution in [2.24, 2.45) is 5.10 Å². The van der Waals surface area contributed by atoms with Crippen LogP contribution in [0.1, 0.15) is 29.9 Å². The Labute approximate surface area is 167 Å². The molecule has 0 unspecified atom stereocenters. The van der Waals surface area contributed by atoms with Gasteiger partial charge in [-0.1, -0.05) is 50.2 Å². The van der Waals surface area contributed by atoms with Gasteiger partial charge in [0.1, 0.15) is 0 Å². The fourth-order valence-electron chi connectivity index (χ4n) is 3.85. The van der Waals surface area contributed by atoms with Gasteiger partial charge in [-0.3, -0.25) is 9.59 Å². The molecule has 3 aromatic rings. The Kier molecular flexibility index (Phi) is 4.50. The number of nitrogens with one attached hydrogen (secondary N) is 2. The summed E-state index contributed by atoms with van der Waals surface area (Å²) in [6.45, 7) is 4.31. The van der Waals surface area contributed by atoms with E-state index in [2.05, 4.69) is 51.6 Å². The number of nitrogens with zero attached hydrogens (tertiary/aromatic N) is 3. The predicted molar refractivity (Wildman–Crippen MR) is 114 cm³/mol. The molecule has 29 heavy (non-hydrogen) atoms. The summed E-state index contributed by atoms with van der Waals surface area (Å²) < 4.78 is 0. The predicted octanol–water partition coefficient (Wildman–Crippen LogP) is 2.95. The normalized spacial score (nSPS) is 16.5. The zero-order chi connectivity index (χ0) is 20.6. The number of carbonyl (C=O) groups is 1. The summed E-state index contributed by atoms with van der Waals surface area (Å²) >= 11 is 0. The summed E-state index contributed by atoms with van der Waals surface area (Å²) in [4.78, 5) is 26.5. The van der Waals surface area contributed by atoms with Crippen molar-refractivity contribution in [3.05, 3.63) is 81.9 Å². The molecule has 1 aliphatic heterocycles. The number of anilines is 1. The van der Waals surface area contributed by atoms with Crippen LogP contribution >= 0.6 is 0 Å². The Morgan fingerprint density at radius 1 is 1.14 bits per heavy atom. The number of hydrazone groups is 1. The van der Waals surface area contributed by atoms with Gasteiger partial charge < -0.3 is 4.90 Å². The second-order valence-corrected chi connectivity index (χ2v) is 7.42. The highest BCUT2D eigenvalue weighted by molar-refractivity contribution is 6.04. The molecule has 7 nitrogen and oxygen atoms in total. The highest BCUT2D eigenvalue weighted by Gasteiger charge is 2.37. The molecule has 4 rings (SSSR count). The number of para-hydroxylation sites is 1. The minimum Gasteiger partial charge on any atom is -0.347 e. The maximum Gasteiger partial charge on any atom is 0.292 e. The third kappa shape index (κ3) is 3.10. The molecule has 0 bridgehead atoms. The molecule has 0 atom stereocenters. The average Bonchev–Trinajstić information content (AvgIpc) is 2.92. The minimum atomic E-state index is -0.491. The highest BCUT2D eigenvalue weighted by atomic mass is 16.2. The Morgan fingerprint density at radius 3 is 2.59 bits per heavy atom. The molecule has 1 aromatic heterocycles. The van der Waals surface area contributed by atoms with Crippen molar-refractivity contribution in [1.29, 1.82) is 0 Å². The van der Waals surface area contributed by atoms with Crippen molar-refractivity contribution in [3.8, 4) is 0 Å². The lowest BCUT2D eigenvalue weighted by atomic mass is 9.84. The molecule has 1 aliphatic rings. The number of allylic oxidation sites excluding steroid dienone is 2. The molecule has 0 spiro atoms. The maximum atomic E-state index is 12.5. The van der Waals surface area contributed by atoms with Gasteiger partial charge in [-0.05, 0) is 23.8 Å². The Balaban J connectivity index is 1.56. The number of fused-ring (bicyclic) bond motifs is 2. The number of hydrogen-bond donors (Lipinski definition) is 2. The van der Waals surface area contributed by atoms with Crippen LogP contribution in [0.2, 0.25) is 0 Å². The lowest BCUT2D eigenvalue weighted by Gasteiger charge is -2.23. The molecule has 2 N–H and O–H groups in total. The Bertz CT molecular complexity index is 1220. The molecular weight excluding hydrogens is 366 g/mol. The van der Waals surface area contributed by atoms with Gasteiger partial charge in [0.25, 0.3) is 11.5 Å². The standard InChI is InChI=1S/C22H21N5O2/c1-22(2)16-10-6-7-11-17(16)27(3)18(22)12-13-23-25-21(29)19-14-8-4-5-9-15(14)20(28)26-24-19/h4-13H,1-3H3,(H,25,29)(H,26,28)/b18-12-,23-13-. The quantitative estimate of drug-likeness (QED) is 0.534. The van der Waals surface area contributed by atoms with E-state index in [1.54, 1.807) is 30.5 Å². The summed E-state index contributed by atoms with van der Waals surface area (Å²) in [5.74, 6) is -0.491. The van der Waals surface area contributed by atoms with E-state index >= 15 is 0 Å². The third-order valence-corrected chi connectivity index (χ3v) is 5.32. The van der Waals surface area contributed by atoms with E-state index in [9.17, 15) is 9.59 Å². The molecule has 0 saturated heterocycles. The SMILES string of the molecule is CN1/C(=C\C=N/NC(=O)c2n[nH]c(=O)c3ccccc23)C(C)(C)c2ccccc21. The van der Waals surface area contributed by atoms with E-state index in [-0.39, 0.29) is 16.7 Å².